The molecular weight excluding hydrogens is 500 g/mol. The Labute approximate surface area is 233 Å². The molecule has 2 bridgehead atoms. The van der Waals surface area contributed by atoms with E-state index >= 15 is 0 Å². The van der Waals surface area contributed by atoms with Crippen LogP contribution in [0.4, 0.5) is 5.82 Å². The first-order chi connectivity index (χ1) is 19.5. The highest BCUT2D eigenvalue weighted by atomic mass is 15.4. The van der Waals surface area contributed by atoms with Crippen molar-refractivity contribution in [3.63, 3.8) is 0 Å². The lowest BCUT2D eigenvalue weighted by atomic mass is 9.87. The van der Waals surface area contributed by atoms with Crippen molar-refractivity contribution in [3.8, 4) is 17.2 Å². The molecule has 0 amide bonds. The van der Waals surface area contributed by atoms with Crippen LogP contribution in [-0.2, 0) is 13.0 Å². The third-order valence-corrected chi connectivity index (χ3v) is 7.82. The molecule has 10 heteroatoms. The first-order valence-electron chi connectivity index (χ1n) is 13.8. The molecular formula is C30H32N10. The number of nitrogens with one attached hydrogen (secondary N) is 1. The monoisotopic (exact) mass is 532 g/mol. The summed E-state index contributed by atoms with van der Waals surface area (Å²) in [6, 6.07) is 13.5. The van der Waals surface area contributed by atoms with E-state index in [-0.39, 0.29) is 0 Å². The zero-order valence-corrected chi connectivity index (χ0v) is 23.0. The van der Waals surface area contributed by atoms with Crippen LogP contribution in [0.3, 0.4) is 0 Å². The van der Waals surface area contributed by atoms with E-state index in [0.29, 0.717) is 24.3 Å². The van der Waals surface area contributed by atoms with Gasteiger partial charge in [0.15, 0.2) is 11.6 Å². The van der Waals surface area contributed by atoms with E-state index in [4.69, 9.17) is 9.97 Å². The summed E-state index contributed by atoms with van der Waals surface area (Å²) in [5.74, 6) is 2.57. The number of H-pyrrole nitrogens is 1. The normalized spacial score (nSPS) is 18.6. The molecule has 40 heavy (non-hydrogen) atoms. The Hall–Kier alpha value is -4.44. The molecule has 3 aliphatic rings. The lowest BCUT2D eigenvalue weighted by molar-refractivity contribution is -0.00875. The Balaban J connectivity index is 0.991. The van der Waals surface area contributed by atoms with Crippen molar-refractivity contribution in [3.05, 3.63) is 95.1 Å². The summed E-state index contributed by atoms with van der Waals surface area (Å²) in [7, 11) is 0. The van der Waals surface area contributed by atoms with Gasteiger partial charge >= 0.3 is 0 Å². The minimum Gasteiger partial charge on any atom is -0.353 e. The Kier molecular flexibility index (Phi) is 6.11. The van der Waals surface area contributed by atoms with Gasteiger partial charge in [-0.2, -0.15) is 10.2 Å². The molecule has 0 radical (unpaired) electrons. The number of piperidine rings is 1. The molecule has 8 heterocycles. The van der Waals surface area contributed by atoms with Gasteiger partial charge in [0.2, 0.25) is 0 Å². The highest BCUT2D eigenvalue weighted by Gasteiger charge is 2.44. The van der Waals surface area contributed by atoms with Crippen LogP contribution in [0.25, 0.3) is 17.2 Å². The molecule has 2 unspecified atom stereocenters. The highest BCUT2D eigenvalue weighted by Crippen LogP contribution is 2.35. The van der Waals surface area contributed by atoms with E-state index in [1.54, 1.807) is 0 Å². The summed E-state index contributed by atoms with van der Waals surface area (Å²) < 4.78 is 1.82. The summed E-state index contributed by atoms with van der Waals surface area (Å²) in [6.45, 7) is 8.93. The standard InChI is InChI=1S/C30H32N10/c1-19-12-33-40(15-19)29-6-4-22(13-31-29)16-39-26-11-27(39)18-38(17-26)28-7-5-23(14-32-28)30-34-20(2)8-24(35-30)10-25-9-21(3)36-37-25/h4-9,12-15,26-27H,10-11,16-18H2,1-3H3,(H,36,37). The summed E-state index contributed by atoms with van der Waals surface area (Å²) >= 11 is 0. The number of aromatic amines is 1. The number of aromatic nitrogens is 8. The maximum absolute atomic E-state index is 4.82. The summed E-state index contributed by atoms with van der Waals surface area (Å²) in [4.78, 5) is 23.9. The number of hydrogen-bond acceptors (Lipinski definition) is 8. The average Bonchev–Trinajstić information content (AvgIpc) is 3.59. The molecule has 2 atom stereocenters. The van der Waals surface area contributed by atoms with Gasteiger partial charge in [-0.15, -0.1) is 0 Å². The molecule has 3 aliphatic heterocycles. The topological polar surface area (TPSA) is 105 Å². The zero-order valence-electron chi connectivity index (χ0n) is 23.0. The Morgan fingerprint density at radius 3 is 2.38 bits per heavy atom. The SMILES string of the molecule is Cc1cnn(-c2ccc(CN3C4CC3CN(c3ccc(-c5nc(C)cc(Cc6cc(C)[nH]n6)n5)cn3)C4)cn2)c1. The lowest BCUT2D eigenvalue weighted by Crippen LogP contribution is -2.68. The number of aryl methyl sites for hydroxylation is 3. The van der Waals surface area contributed by atoms with E-state index in [2.05, 4.69) is 53.3 Å². The van der Waals surface area contributed by atoms with Gasteiger partial charge in [0.05, 0.1) is 17.6 Å². The van der Waals surface area contributed by atoms with Crippen molar-refractivity contribution in [1.82, 2.24) is 44.8 Å². The van der Waals surface area contributed by atoms with Crippen LogP contribution in [-0.4, -0.2) is 70.0 Å². The van der Waals surface area contributed by atoms with Crippen LogP contribution in [0.2, 0.25) is 0 Å². The molecule has 5 aromatic rings. The van der Waals surface area contributed by atoms with Crippen LogP contribution in [0.5, 0.6) is 0 Å². The Morgan fingerprint density at radius 1 is 0.875 bits per heavy atom. The zero-order chi connectivity index (χ0) is 27.2. The van der Waals surface area contributed by atoms with Crippen molar-refractivity contribution >= 4 is 5.82 Å². The number of hydrogen-bond donors (Lipinski definition) is 1. The summed E-state index contributed by atoms with van der Waals surface area (Å²) in [5, 5.41) is 11.7. The van der Waals surface area contributed by atoms with Crippen LogP contribution < -0.4 is 4.90 Å². The number of anilines is 1. The third-order valence-electron chi connectivity index (χ3n) is 7.82. The van der Waals surface area contributed by atoms with E-state index in [1.165, 1.54) is 12.0 Å². The smallest absolute Gasteiger partial charge is 0.161 e. The number of rotatable bonds is 7. The molecule has 1 N–H and O–H groups in total. The molecule has 0 aliphatic carbocycles. The van der Waals surface area contributed by atoms with E-state index in [0.717, 1.165) is 65.2 Å². The Bertz CT molecular complexity index is 1620. The molecule has 8 rings (SSSR count). The molecule has 5 aromatic heterocycles. The minimum atomic E-state index is 0.530. The Morgan fingerprint density at radius 2 is 1.70 bits per heavy atom. The molecule has 10 nitrogen and oxygen atoms in total. The van der Waals surface area contributed by atoms with Crippen LogP contribution in [0.15, 0.2) is 61.2 Å². The molecule has 0 spiro atoms. The predicted octanol–water partition coefficient (Wildman–Crippen LogP) is 3.82. The number of nitrogens with zero attached hydrogens (tertiary/aromatic N) is 9. The maximum Gasteiger partial charge on any atom is 0.161 e. The number of fused-ring (bicyclic) bond motifs is 2. The van der Waals surface area contributed by atoms with Gasteiger partial charge in [-0.05, 0) is 68.7 Å². The number of piperazine rings is 1. The average molecular weight is 533 g/mol. The van der Waals surface area contributed by atoms with Gasteiger partial charge in [-0.25, -0.2) is 24.6 Å². The first kappa shape index (κ1) is 24.6. The van der Waals surface area contributed by atoms with Gasteiger partial charge in [-0.1, -0.05) is 6.07 Å². The minimum absolute atomic E-state index is 0.530. The largest absolute Gasteiger partial charge is 0.353 e. The highest BCUT2D eigenvalue weighted by molar-refractivity contribution is 5.57. The molecule has 3 fully saturated rings. The van der Waals surface area contributed by atoms with Gasteiger partial charge < -0.3 is 4.90 Å². The van der Waals surface area contributed by atoms with Gasteiger partial charge in [0, 0.05) is 73.7 Å². The van der Waals surface area contributed by atoms with Crippen LogP contribution >= 0.6 is 0 Å². The number of pyridine rings is 2. The summed E-state index contributed by atoms with van der Waals surface area (Å²) in [6.07, 6.45) is 9.63. The fourth-order valence-corrected chi connectivity index (χ4v) is 5.84. The van der Waals surface area contributed by atoms with Gasteiger partial charge in [0.1, 0.15) is 5.82 Å². The van der Waals surface area contributed by atoms with Gasteiger partial charge in [0.25, 0.3) is 0 Å². The van der Waals surface area contributed by atoms with Crippen LogP contribution in [0, 0.1) is 20.8 Å². The second-order valence-corrected chi connectivity index (χ2v) is 11.1. The van der Waals surface area contributed by atoms with Crippen molar-refractivity contribution in [2.24, 2.45) is 0 Å². The van der Waals surface area contributed by atoms with Crippen molar-refractivity contribution < 1.29 is 0 Å². The second-order valence-electron chi connectivity index (χ2n) is 11.1. The fraction of sp³-hybridized carbons (Fsp3) is 0.333. The molecule has 3 saturated heterocycles. The van der Waals surface area contributed by atoms with E-state index in [9.17, 15) is 0 Å². The quantitative estimate of drug-likeness (QED) is 0.337. The van der Waals surface area contributed by atoms with Gasteiger partial charge in [-0.3, -0.25) is 10.00 Å². The second kappa shape index (κ2) is 9.95. The van der Waals surface area contributed by atoms with Crippen molar-refractivity contribution in [1.29, 1.82) is 0 Å². The third kappa shape index (κ3) is 4.86. The fourth-order valence-electron chi connectivity index (χ4n) is 5.84. The molecule has 0 aromatic carbocycles. The van der Waals surface area contributed by atoms with Crippen molar-refractivity contribution in [2.75, 3.05) is 18.0 Å². The lowest BCUT2D eigenvalue weighted by Gasteiger charge is -2.56. The maximum atomic E-state index is 4.82. The molecule has 202 valence electrons. The van der Waals surface area contributed by atoms with Crippen LogP contribution in [0.1, 0.15) is 40.3 Å². The predicted molar refractivity (Wildman–Crippen MR) is 152 cm³/mol. The van der Waals surface area contributed by atoms with E-state index < -0.39 is 0 Å². The van der Waals surface area contributed by atoms with Crippen molar-refractivity contribution in [2.45, 2.75) is 52.2 Å². The summed E-state index contributed by atoms with van der Waals surface area (Å²) in [5.41, 5.74) is 7.21. The molecule has 0 saturated carbocycles. The van der Waals surface area contributed by atoms with E-state index in [1.807, 2.05) is 68.4 Å². The first-order valence-corrected chi connectivity index (χ1v) is 13.8.